The van der Waals surface area contributed by atoms with Crippen molar-refractivity contribution in [3.63, 3.8) is 0 Å². The largest absolute Gasteiger partial charge is 0.477 e. The topological polar surface area (TPSA) is 69.0 Å². The first-order chi connectivity index (χ1) is 10.8. The maximum Gasteiger partial charge on any atom is 0.258 e. The lowest BCUT2D eigenvalue weighted by atomic mass is 10.1. The van der Waals surface area contributed by atoms with Crippen LogP contribution in [0.4, 0.5) is 0 Å². The van der Waals surface area contributed by atoms with Crippen LogP contribution in [-0.2, 0) is 6.54 Å². The molecule has 1 unspecified atom stereocenters. The van der Waals surface area contributed by atoms with Gasteiger partial charge in [-0.15, -0.1) is 0 Å². The van der Waals surface area contributed by atoms with Crippen molar-refractivity contribution in [2.24, 2.45) is 0 Å². The zero-order chi connectivity index (χ0) is 15.4. The first-order valence-corrected chi connectivity index (χ1v) is 7.70. The molecule has 1 N–H and O–H groups in total. The second-order valence-electron chi connectivity index (χ2n) is 5.36. The smallest absolute Gasteiger partial charge is 0.258 e. The highest BCUT2D eigenvalue weighted by molar-refractivity contribution is 5.96. The third-order valence-electron chi connectivity index (χ3n) is 3.72. The molecule has 0 fully saturated rings. The van der Waals surface area contributed by atoms with Crippen molar-refractivity contribution in [2.45, 2.75) is 38.8 Å². The molecule has 0 aromatic carbocycles. The Morgan fingerprint density at radius 1 is 1.50 bits per heavy atom. The van der Waals surface area contributed by atoms with Crippen LogP contribution in [0.15, 0.2) is 30.6 Å². The molecule has 22 heavy (non-hydrogen) atoms. The Morgan fingerprint density at radius 2 is 2.41 bits per heavy atom. The molecule has 6 heteroatoms. The number of nitrogens with zero attached hydrogens (tertiary/aromatic N) is 3. The van der Waals surface area contributed by atoms with E-state index in [1.54, 1.807) is 17.1 Å². The molecule has 1 amide bonds. The Kier molecular flexibility index (Phi) is 4.37. The monoisotopic (exact) mass is 300 g/mol. The number of ether oxygens (including phenoxy) is 1. The molecule has 0 saturated carbocycles. The quantitative estimate of drug-likeness (QED) is 0.920. The lowest BCUT2D eigenvalue weighted by molar-refractivity contribution is 0.0927. The van der Waals surface area contributed by atoms with E-state index < -0.39 is 0 Å². The molecule has 0 aliphatic carbocycles. The molecule has 1 atom stereocenters. The highest BCUT2D eigenvalue weighted by Gasteiger charge is 2.24. The molecule has 2 aromatic heterocycles. The fraction of sp³-hybridized carbons (Fsp3) is 0.438. The molecular formula is C16H20N4O2. The van der Waals surface area contributed by atoms with Crippen LogP contribution in [0, 0.1) is 0 Å². The normalized spacial score (nSPS) is 14.8. The zero-order valence-electron chi connectivity index (χ0n) is 12.7. The van der Waals surface area contributed by atoms with Crippen molar-refractivity contribution >= 4 is 5.91 Å². The first kappa shape index (κ1) is 14.6. The molecule has 3 rings (SSSR count). The number of carbonyl (C=O) groups excluding carboxylic acids is 1. The summed E-state index contributed by atoms with van der Waals surface area (Å²) < 4.78 is 7.33. The predicted molar refractivity (Wildman–Crippen MR) is 81.7 cm³/mol. The number of hydrogen-bond acceptors (Lipinski definition) is 4. The van der Waals surface area contributed by atoms with Gasteiger partial charge in [-0.3, -0.25) is 9.78 Å². The molecular weight excluding hydrogens is 280 g/mol. The summed E-state index contributed by atoms with van der Waals surface area (Å²) in [5.41, 5.74) is 1.37. The van der Waals surface area contributed by atoms with E-state index in [0.29, 0.717) is 18.1 Å². The second-order valence-corrected chi connectivity index (χ2v) is 5.36. The van der Waals surface area contributed by atoms with Crippen molar-refractivity contribution in [1.82, 2.24) is 20.1 Å². The van der Waals surface area contributed by atoms with Crippen molar-refractivity contribution < 1.29 is 9.53 Å². The molecule has 0 bridgehead atoms. The van der Waals surface area contributed by atoms with Gasteiger partial charge in [0.25, 0.3) is 5.91 Å². The molecule has 0 radical (unpaired) electrons. The summed E-state index contributed by atoms with van der Waals surface area (Å²) in [5, 5.41) is 7.27. The van der Waals surface area contributed by atoms with Crippen LogP contribution in [0.25, 0.3) is 0 Å². The number of hydrogen-bond donors (Lipinski definition) is 1. The summed E-state index contributed by atoms with van der Waals surface area (Å²) in [5.74, 6) is 0.410. The van der Waals surface area contributed by atoms with E-state index in [9.17, 15) is 4.79 Å². The van der Waals surface area contributed by atoms with E-state index in [1.807, 2.05) is 18.2 Å². The molecule has 6 nitrogen and oxygen atoms in total. The average molecular weight is 300 g/mol. The van der Waals surface area contributed by atoms with Crippen LogP contribution < -0.4 is 10.1 Å². The Morgan fingerprint density at radius 3 is 3.18 bits per heavy atom. The van der Waals surface area contributed by atoms with Gasteiger partial charge in [0.05, 0.1) is 24.5 Å². The standard InChI is InChI=1S/C16H20N4O2/c1-2-6-14(13-7-3-4-8-17-13)19-15(21)12-11-18-20-9-5-10-22-16(12)20/h3-4,7-8,11,14H,2,5-6,9-10H2,1H3,(H,19,21). The maximum atomic E-state index is 12.6. The minimum Gasteiger partial charge on any atom is -0.477 e. The third-order valence-corrected chi connectivity index (χ3v) is 3.72. The van der Waals surface area contributed by atoms with Gasteiger partial charge in [0.1, 0.15) is 5.56 Å². The van der Waals surface area contributed by atoms with Gasteiger partial charge in [0, 0.05) is 19.2 Å². The van der Waals surface area contributed by atoms with Gasteiger partial charge in [0.15, 0.2) is 0 Å². The van der Waals surface area contributed by atoms with E-state index >= 15 is 0 Å². The zero-order valence-corrected chi connectivity index (χ0v) is 12.7. The average Bonchev–Trinajstić information content (AvgIpc) is 2.99. The second kappa shape index (κ2) is 6.60. The Balaban J connectivity index is 1.78. The lowest BCUT2D eigenvalue weighted by Crippen LogP contribution is -2.29. The minimum atomic E-state index is -0.160. The fourth-order valence-corrected chi connectivity index (χ4v) is 2.63. The number of carbonyl (C=O) groups is 1. The summed E-state index contributed by atoms with van der Waals surface area (Å²) in [6.45, 7) is 3.51. The van der Waals surface area contributed by atoms with Gasteiger partial charge in [-0.25, -0.2) is 4.68 Å². The molecule has 1 aliphatic heterocycles. The van der Waals surface area contributed by atoms with E-state index in [-0.39, 0.29) is 11.9 Å². The summed E-state index contributed by atoms with van der Waals surface area (Å²) in [6.07, 6.45) is 6.05. The molecule has 1 aliphatic rings. The van der Waals surface area contributed by atoms with Crippen molar-refractivity contribution in [3.8, 4) is 5.88 Å². The summed E-state index contributed by atoms with van der Waals surface area (Å²) in [7, 11) is 0. The number of nitrogens with one attached hydrogen (secondary N) is 1. The van der Waals surface area contributed by atoms with Crippen molar-refractivity contribution in [3.05, 3.63) is 41.9 Å². The van der Waals surface area contributed by atoms with Gasteiger partial charge >= 0.3 is 0 Å². The van der Waals surface area contributed by atoms with Gasteiger partial charge in [-0.05, 0) is 18.6 Å². The van der Waals surface area contributed by atoms with Crippen molar-refractivity contribution in [2.75, 3.05) is 6.61 Å². The van der Waals surface area contributed by atoms with Crippen LogP contribution in [0.2, 0.25) is 0 Å². The van der Waals surface area contributed by atoms with E-state index in [4.69, 9.17) is 4.74 Å². The van der Waals surface area contributed by atoms with Crippen LogP contribution in [0.1, 0.15) is 48.3 Å². The van der Waals surface area contributed by atoms with Gasteiger partial charge in [-0.1, -0.05) is 19.4 Å². The number of rotatable bonds is 5. The summed E-state index contributed by atoms with van der Waals surface area (Å²) in [6, 6.07) is 5.64. The summed E-state index contributed by atoms with van der Waals surface area (Å²) in [4.78, 5) is 16.9. The Labute approximate surface area is 129 Å². The Bertz CT molecular complexity index is 639. The van der Waals surface area contributed by atoms with Crippen LogP contribution in [-0.4, -0.2) is 27.3 Å². The first-order valence-electron chi connectivity index (χ1n) is 7.70. The highest BCUT2D eigenvalue weighted by atomic mass is 16.5. The lowest BCUT2D eigenvalue weighted by Gasteiger charge is -2.19. The van der Waals surface area contributed by atoms with E-state index in [0.717, 1.165) is 31.5 Å². The van der Waals surface area contributed by atoms with E-state index in [1.165, 1.54) is 0 Å². The maximum absolute atomic E-state index is 12.6. The SMILES string of the molecule is CCCC(NC(=O)c1cnn2c1OCCC2)c1ccccn1. The van der Waals surface area contributed by atoms with Gasteiger partial charge < -0.3 is 10.1 Å². The van der Waals surface area contributed by atoms with Crippen LogP contribution in [0.5, 0.6) is 5.88 Å². The van der Waals surface area contributed by atoms with Gasteiger partial charge in [0.2, 0.25) is 5.88 Å². The molecule has 3 heterocycles. The number of aryl methyl sites for hydroxylation is 1. The third kappa shape index (κ3) is 2.95. The highest BCUT2D eigenvalue weighted by Crippen LogP contribution is 2.24. The molecule has 0 saturated heterocycles. The van der Waals surface area contributed by atoms with Gasteiger partial charge in [-0.2, -0.15) is 5.10 Å². The summed E-state index contributed by atoms with van der Waals surface area (Å²) >= 11 is 0. The minimum absolute atomic E-state index is 0.0992. The Hall–Kier alpha value is -2.37. The number of aromatic nitrogens is 3. The molecule has 2 aromatic rings. The predicted octanol–water partition coefficient (Wildman–Crippen LogP) is 2.33. The number of amides is 1. The number of fused-ring (bicyclic) bond motifs is 1. The van der Waals surface area contributed by atoms with E-state index in [2.05, 4.69) is 22.3 Å². The molecule has 116 valence electrons. The van der Waals surface area contributed by atoms with Crippen molar-refractivity contribution in [1.29, 1.82) is 0 Å². The molecule has 0 spiro atoms. The fourth-order valence-electron chi connectivity index (χ4n) is 2.63. The van der Waals surface area contributed by atoms with Crippen LogP contribution >= 0.6 is 0 Å². The number of pyridine rings is 1. The van der Waals surface area contributed by atoms with Crippen LogP contribution in [0.3, 0.4) is 0 Å².